The molecule has 84 valence electrons. The van der Waals surface area contributed by atoms with E-state index in [1.807, 2.05) is 0 Å². The summed E-state index contributed by atoms with van der Waals surface area (Å²) in [7, 11) is 0. The van der Waals surface area contributed by atoms with Crippen molar-refractivity contribution in [3.05, 3.63) is 11.9 Å². The van der Waals surface area contributed by atoms with Gasteiger partial charge in [-0.2, -0.15) is 28.6 Å². The van der Waals surface area contributed by atoms with Gasteiger partial charge in [0, 0.05) is 12.5 Å². The fourth-order valence-electron chi connectivity index (χ4n) is 1.95. The summed E-state index contributed by atoms with van der Waals surface area (Å²) >= 11 is 0. The van der Waals surface area contributed by atoms with E-state index in [0.717, 1.165) is 0 Å². The summed E-state index contributed by atoms with van der Waals surface area (Å²) < 4.78 is 38.1. The molecule has 0 amide bonds. The molecule has 1 saturated heterocycles. The molecule has 2 heterocycles. The molecule has 0 radical (unpaired) electrons. The number of hydrogen-bond donors (Lipinski definition) is 2. The van der Waals surface area contributed by atoms with E-state index in [1.54, 1.807) is 0 Å². The molecule has 1 aliphatic rings. The minimum Gasteiger partial charge on any atom is -0.316 e. The van der Waals surface area contributed by atoms with E-state index in [9.17, 15) is 13.2 Å². The molecule has 0 spiro atoms. The van der Waals surface area contributed by atoms with Crippen LogP contribution in [-0.4, -0.2) is 34.7 Å². The highest BCUT2D eigenvalue weighted by molar-refractivity contribution is 5.07. The third-order valence-electron chi connectivity index (χ3n) is 2.72. The largest absolute Gasteiger partial charge is 0.392 e. The quantitative estimate of drug-likeness (QED) is 0.744. The minimum absolute atomic E-state index is 0.0982. The van der Waals surface area contributed by atoms with Gasteiger partial charge in [-0.25, -0.2) is 0 Å². The zero-order chi connectivity index (χ0) is 10.9. The Hall–Kier alpha value is -1.11. The molecule has 1 aromatic heterocycles. The number of rotatable bonds is 1. The van der Waals surface area contributed by atoms with Crippen molar-refractivity contribution in [3.8, 4) is 0 Å². The van der Waals surface area contributed by atoms with E-state index in [0.29, 0.717) is 18.8 Å². The Balaban J connectivity index is 2.20. The van der Waals surface area contributed by atoms with Crippen LogP contribution in [0, 0.1) is 5.92 Å². The van der Waals surface area contributed by atoms with E-state index in [1.165, 1.54) is 6.20 Å². The normalized spacial score (nSPS) is 27.9. The SMILES string of the molecule is FC(F)(F)C1CCNCC1c1cn[nH]n1. The molecule has 2 atom stereocenters. The third-order valence-corrected chi connectivity index (χ3v) is 2.72. The Labute approximate surface area is 84.2 Å². The van der Waals surface area contributed by atoms with Gasteiger partial charge in [0.1, 0.15) is 0 Å². The Bertz CT molecular complexity index is 308. The zero-order valence-corrected chi connectivity index (χ0v) is 7.88. The Morgan fingerprint density at radius 2 is 2.20 bits per heavy atom. The van der Waals surface area contributed by atoms with Gasteiger partial charge in [-0.1, -0.05) is 0 Å². The standard InChI is InChI=1S/C8H11F3N4/c9-8(10,11)6-1-2-12-3-5(6)7-4-13-15-14-7/h4-6,12H,1-3H2,(H,13,14,15). The summed E-state index contributed by atoms with van der Waals surface area (Å²) in [6.07, 6.45) is -2.71. The van der Waals surface area contributed by atoms with Crippen LogP contribution in [0.25, 0.3) is 0 Å². The lowest BCUT2D eigenvalue weighted by Gasteiger charge is -2.32. The number of alkyl halides is 3. The molecule has 15 heavy (non-hydrogen) atoms. The zero-order valence-electron chi connectivity index (χ0n) is 7.88. The second kappa shape index (κ2) is 3.80. The Morgan fingerprint density at radius 3 is 2.80 bits per heavy atom. The van der Waals surface area contributed by atoms with Gasteiger partial charge in [0.25, 0.3) is 0 Å². The molecule has 2 N–H and O–H groups in total. The molecule has 2 rings (SSSR count). The summed E-state index contributed by atoms with van der Waals surface area (Å²) in [4.78, 5) is 0. The van der Waals surface area contributed by atoms with Gasteiger partial charge in [0.15, 0.2) is 0 Å². The van der Waals surface area contributed by atoms with Gasteiger partial charge in [-0.05, 0) is 13.0 Å². The van der Waals surface area contributed by atoms with Crippen LogP contribution in [0.5, 0.6) is 0 Å². The van der Waals surface area contributed by atoms with Crippen LogP contribution in [0.3, 0.4) is 0 Å². The topological polar surface area (TPSA) is 53.6 Å². The van der Waals surface area contributed by atoms with Crippen molar-refractivity contribution in [2.75, 3.05) is 13.1 Å². The molecular formula is C8H11F3N4. The first-order valence-electron chi connectivity index (χ1n) is 4.72. The van der Waals surface area contributed by atoms with Crippen LogP contribution >= 0.6 is 0 Å². The van der Waals surface area contributed by atoms with E-state index >= 15 is 0 Å². The van der Waals surface area contributed by atoms with Gasteiger partial charge < -0.3 is 5.32 Å². The average molecular weight is 220 g/mol. The first-order valence-corrected chi connectivity index (χ1v) is 4.72. The van der Waals surface area contributed by atoms with E-state index < -0.39 is 18.0 Å². The fourth-order valence-corrected chi connectivity index (χ4v) is 1.95. The lowest BCUT2D eigenvalue weighted by Crippen LogP contribution is -2.42. The van der Waals surface area contributed by atoms with Crippen molar-refractivity contribution in [1.82, 2.24) is 20.7 Å². The first kappa shape index (κ1) is 10.4. The smallest absolute Gasteiger partial charge is 0.316 e. The summed E-state index contributed by atoms with van der Waals surface area (Å²) in [6, 6.07) is 0. The fraction of sp³-hybridized carbons (Fsp3) is 0.750. The summed E-state index contributed by atoms with van der Waals surface area (Å²) in [6.45, 7) is 0.704. The van der Waals surface area contributed by atoms with E-state index in [-0.39, 0.29) is 6.42 Å². The maximum atomic E-state index is 12.7. The van der Waals surface area contributed by atoms with Crippen LogP contribution < -0.4 is 5.32 Å². The van der Waals surface area contributed by atoms with Crippen molar-refractivity contribution in [3.63, 3.8) is 0 Å². The lowest BCUT2D eigenvalue weighted by molar-refractivity contribution is -0.185. The lowest BCUT2D eigenvalue weighted by atomic mass is 9.84. The number of halogens is 3. The van der Waals surface area contributed by atoms with Gasteiger partial charge in [-0.15, -0.1) is 0 Å². The molecule has 0 saturated carbocycles. The molecule has 0 aliphatic carbocycles. The summed E-state index contributed by atoms with van der Waals surface area (Å²) in [5.41, 5.74) is 0.379. The Morgan fingerprint density at radius 1 is 1.40 bits per heavy atom. The van der Waals surface area contributed by atoms with Crippen LogP contribution in [0.15, 0.2) is 6.20 Å². The van der Waals surface area contributed by atoms with Crippen molar-refractivity contribution in [1.29, 1.82) is 0 Å². The highest BCUT2D eigenvalue weighted by Gasteiger charge is 2.46. The predicted octanol–water partition coefficient (Wildman–Crippen LogP) is 1.06. The van der Waals surface area contributed by atoms with Crippen LogP contribution in [0.2, 0.25) is 0 Å². The van der Waals surface area contributed by atoms with Gasteiger partial charge in [-0.3, -0.25) is 0 Å². The molecule has 0 bridgehead atoms. The van der Waals surface area contributed by atoms with E-state index in [4.69, 9.17) is 0 Å². The molecule has 1 aromatic rings. The monoisotopic (exact) mass is 220 g/mol. The molecule has 0 aromatic carbocycles. The second-order valence-electron chi connectivity index (χ2n) is 3.64. The summed E-state index contributed by atoms with van der Waals surface area (Å²) in [5.74, 6) is -1.94. The van der Waals surface area contributed by atoms with Crippen LogP contribution in [0.4, 0.5) is 13.2 Å². The second-order valence-corrected chi connectivity index (χ2v) is 3.64. The molecule has 4 nitrogen and oxygen atoms in total. The number of H-pyrrole nitrogens is 1. The summed E-state index contributed by atoms with van der Waals surface area (Å²) in [5, 5.41) is 12.6. The third kappa shape index (κ3) is 2.11. The average Bonchev–Trinajstić information content (AvgIpc) is 2.69. The highest BCUT2D eigenvalue weighted by Crippen LogP contribution is 2.40. The number of piperidine rings is 1. The first-order chi connectivity index (χ1) is 7.09. The number of aromatic amines is 1. The number of nitrogens with one attached hydrogen (secondary N) is 2. The molecule has 2 unspecified atom stereocenters. The molecular weight excluding hydrogens is 209 g/mol. The highest BCUT2D eigenvalue weighted by atomic mass is 19.4. The van der Waals surface area contributed by atoms with Crippen LogP contribution in [0.1, 0.15) is 18.0 Å². The number of aromatic nitrogens is 3. The Kier molecular flexibility index (Phi) is 2.64. The maximum Gasteiger partial charge on any atom is 0.392 e. The maximum absolute atomic E-state index is 12.7. The van der Waals surface area contributed by atoms with Gasteiger partial charge in [0.2, 0.25) is 0 Å². The number of hydrogen-bond acceptors (Lipinski definition) is 3. The van der Waals surface area contributed by atoms with Gasteiger partial charge >= 0.3 is 6.18 Å². The van der Waals surface area contributed by atoms with Crippen molar-refractivity contribution in [2.45, 2.75) is 18.5 Å². The minimum atomic E-state index is -4.16. The molecule has 1 fully saturated rings. The van der Waals surface area contributed by atoms with Crippen molar-refractivity contribution >= 4 is 0 Å². The predicted molar refractivity (Wildman–Crippen MR) is 46.2 cm³/mol. The van der Waals surface area contributed by atoms with Crippen molar-refractivity contribution < 1.29 is 13.2 Å². The molecule has 1 aliphatic heterocycles. The van der Waals surface area contributed by atoms with Gasteiger partial charge in [0.05, 0.1) is 17.8 Å². The van der Waals surface area contributed by atoms with E-state index in [2.05, 4.69) is 20.7 Å². The molecule has 7 heteroatoms. The van der Waals surface area contributed by atoms with Crippen LogP contribution in [-0.2, 0) is 0 Å². The number of nitrogens with zero attached hydrogens (tertiary/aromatic N) is 2. The van der Waals surface area contributed by atoms with Crippen molar-refractivity contribution in [2.24, 2.45) is 5.92 Å².